The highest BCUT2D eigenvalue weighted by molar-refractivity contribution is 5.92. The number of nitrogens with zero attached hydrogens (tertiary/aromatic N) is 1. The molecule has 0 spiro atoms. The summed E-state index contributed by atoms with van der Waals surface area (Å²) in [4.78, 5) is 25.7. The first kappa shape index (κ1) is 19.9. The predicted octanol–water partition coefficient (Wildman–Crippen LogP) is 3.81. The van der Waals surface area contributed by atoms with Crippen molar-refractivity contribution in [3.8, 4) is 0 Å². The van der Waals surface area contributed by atoms with Gasteiger partial charge in [0.15, 0.2) is 0 Å². The minimum Gasteiger partial charge on any atom is -0.478 e. The molecule has 2 aromatic rings. The SMILES string of the molecule is O=C(CN1CCCCCC1)Nc1cccc(NCc2cccc(C(=O)O)c2)c1. The van der Waals surface area contributed by atoms with Crippen LogP contribution in [0.5, 0.6) is 0 Å². The third-order valence-corrected chi connectivity index (χ3v) is 4.88. The summed E-state index contributed by atoms with van der Waals surface area (Å²) in [6.45, 7) is 2.92. The lowest BCUT2D eigenvalue weighted by molar-refractivity contribution is -0.117. The molecule has 0 atom stereocenters. The largest absolute Gasteiger partial charge is 0.478 e. The summed E-state index contributed by atoms with van der Waals surface area (Å²) >= 11 is 0. The summed E-state index contributed by atoms with van der Waals surface area (Å²) in [6, 6.07) is 14.4. The molecule has 28 heavy (non-hydrogen) atoms. The molecule has 148 valence electrons. The van der Waals surface area contributed by atoms with Gasteiger partial charge in [-0.15, -0.1) is 0 Å². The molecular formula is C22H27N3O3. The highest BCUT2D eigenvalue weighted by atomic mass is 16.4. The van der Waals surface area contributed by atoms with Crippen LogP contribution < -0.4 is 10.6 Å². The fraction of sp³-hybridized carbons (Fsp3) is 0.364. The zero-order valence-electron chi connectivity index (χ0n) is 16.0. The number of anilines is 2. The minimum absolute atomic E-state index is 0.00760. The lowest BCUT2D eigenvalue weighted by Gasteiger charge is -2.19. The molecule has 6 heteroatoms. The number of rotatable bonds is 7. The van der Waals surface area contributed by atoms with Crippen LogP contribution in [-0.4, -0.2) is 41.5 Å². The maximum atomic E-state index is 12.4. The lowest BCUT2D eigenvalue weighted by atomic mass is 10.1. The van der Waals surface area contributed by atoms with E-state index in [9.17, 15) is 9.59 Å². The van der Waals surface area contributed by atoms with Crippen LogP contribution in [-0.2, 0) is 11.3 Å². The molecule has 1 heterocycles. The third-order valence-electron chi connectivity index (χ3n) is 4.88. The summed E-state index contributed by atoms with van der Waals surface area (Å²) < 4.78 is 0. The number of likely N-dealkylation sites (tertiary alicyclic amines) is 1. The van der Waals surface area contributed by atoms with E-state index in [0.29, 0.717) is 13.1 Å². The van der Waals surface area contributed by atoms with Crippen LogP contribution >= 0.6 is 0 Å². The molecule has 1 saturated heterocycles. The van der Waals surface area contributed by atoms with E-state index >= 15 is 0 Å². The van der Waals surface area contributed by atoms with Gasteiger partial charge in [0.2, 0.25) is 5.91 Å². The van der Waals surface area contributed by atoms with E-state index < -0.39 is 5.97 Å². The number of carboxylic acids is 1. The predicted molar refractivity (Wildman–Crippen MR) is 111 cm³/mol. The molecule has 2 aromatic carbocycles. The van der Waals surface area contributed by atoms with Gasteiger partial charge in [-0.05, 0) is 61.8 Å². The number of nitrogens with one attached hydrogen (secondary N) is 2. The molecule has 1 aliphatic rings. The van der Waals surface area contributed by atoms with Crippen LogP contribution in [0.1, 0.15) is 41.6 Å². The normalized spacial score (nSPS) is 14.9. The van der Waals surface area contributed by atoms with Crippen molar-refractivity contribution in [2.45, 2.75) is 32.2 Å². The van der Waals surface area contributed by atoms with E-state index in [-0.39, 0.29) is 11.5 Å². The van der Waals surface area contributed by atoms with Crippen molar-refractivity contribution in [2.24, 2.45) is 0 Å². The fourth-order valence-electron chi connectivity index (χ4n) is 3.42. The van der Waals surface area contributed by atoms with Gasteiger partial charge in [0.05, 0.1) is 12.1 Å². The average Bonchev–Trinajstić information content (AvgIpc) is 2.95. The Bertz CT molecular complexity index is 814. The van der Waals surface area contributed by atoms with Gasteiger partial charge in [0.25, 0.3) is 0 Å². The van der Waals surface area contributed by atoms with Crippen LogP contribution in [0.4, 0.5) is 11.4 Å². The quantitative estimate of drug-likeness (QED) is 0.679. The Morgan fingerprint density at radius 2 is 1.64 bits per heavy atom. The van der Waals surface area contributed by atoms with Crippen molar-refractivity contribution in [3.63, 3.8) is 0 Å². The highest BCUT2D eigenvalue weighted by Crippen LogP contribution is 2.17. The summed E-state index contributed by atoms with van der Waals surface area (Å²) in [6.07, 6.45) is 4.83. The Hall–Kier alpha value is -2.86. The smallest absolute Gasteiger partial charge is 0.335 e. The second-order valence-corrected chi connectivity index (χ2v) is 7.18. The molecule has 1 fully saturated rings. The number of carbonyl (C=O) groups is 2. The standard InChI is InChI=1S/C22H27N3O3/c26-21(16-25-11-3-1-2-4-12-25)24-20-10-6-9-19(14-20)23-15-17-7-5-8-18(13-17)22(27)28/h5-10,13-14,23H,1-4,11-12,15-16H2,(H,24,26)(H,27,28). The van der Waals surface area contributed by atoms with Gasteiger partial charge in [-0.1, -0.05) is 31.0 Å². The second-order valence-electron chi connectivity index (χ2n) is 7.18. The Morgan fingerprint density at radius 3 is 2.39 bits per heavy atom. The molecule has 3 N–H and O–H groups in total. The maximum Gasteiger partial charge on any atom is 0.335 e. The molecule has 0 radical (unpaired) electrons. The van der Waals surface area contributed by atoms with E-state index in [2.05, 4.69) is 15.5 Å². The molecule has 1 aliphatic heterocycles. The van der Waals surface area contributed by atoms with E-state index in [0.717, 1.165) is 42.9 Å². The number of benzene rings is 2. The van der Waals surface area contributed by atoms with Crippen molar-refractivity contribution in [3.05, 3.63) is 59.7 Å². The Labute approximate surface area is 165 Å². The van der Waals surface area contributed by atoms with Gasteiger partial charge < -0.3 is 15.7 Å². The van der Waals surface area contributed by atoms with Gasteiger partial charge in [-0.3, -0.25) is 9.69 Å². The van der Waals surface area contributed by atoms with Crippen LogP contribution in [0.2, 0.25) is 0 Å². The highest BCUT2D eigenvalue weighted by Gasteiger charge is 2.13. The lowest BCUT2D eigenvalue weighted by Crippen LogP contribution is -2.33. The maximum absolute atomic E-state index is 12.4. The van der Waals surface area contributed by atoms with Crippen molar-refractivity contribution in [2.75, 3.05) is 30.3 Å². The van der Waals surface area contributed by atoms with Crippen molar-refractivity contribution < 1.29 is 14.7 Å². The Kier molecular flexibility index (Phi) is 7.03. The zero-order chi connectivity index (χ0) is 19.8. The zero-order valence-corrected chi connectivity index (χ0v) is 16.0. The van der Waals surface area contributed by atoms with E-state index in [1.807, 2.05) is 30.3 Å². The van der Waals surface area contributed by atoms with E-state index in [1.165, 1.54) is 12.8 Å². The monoisotopic (exact) mass is 381 g/mol. The fourth-order valence-corrected chi connectivity index (χ4v) is 3.42. The molecule has 0 aliphatic carbocycles. The molecular weight excluding hydrogens is 354 g/mol. The topological polar surface area (TPSA) is 81.7 Å². The molecule has 0 aromatic heterocycles. The van der Waals surface area contributed by atoms with E-state index in [1.54, 1.807) is 18.2 Å². The molecule has 3 rings (SSSR count). The van der Waals surface area contributed by atoms with Gasteiger partial charge in [0, 0.05) is 17.9 Å². The first-order valence-electron chi connectivity index (χ1n) is 9.78. The molecule has 0 saturated carbocycles. The number of carboxylic acid groups (broad SMARTS) is 1. The number of aromatic carboxylic acids is 1. The molecule has 6 nitrogen and oxygen atoms in total. The first-order chi connectivity index (χ1) is 13.6. The van der Waals surface area contributed by atoms with Gasteiger partial charge in [-0.25, -0.2) is 4.79 Å². The minimum atomic E-state index is -0.934. The summed E-state index contributed by atoms with van der Waals surface area (Å²) in [7, 11) is 0. The Morgan fingerprint density at radius 1 is 0.929 bits per heavy atom. The molecule has 0 unspecified atom stereocenters. The first-order valence-corrected chi connectivity index (χ1v) is 9.78. The molecule has 1 amide bonds. The van der Waals surface area contributed by atoms with Crippen molar-refractivity contribution >= 4 is 23.3 Å². The number of hydrogen-bond acceptors (Lipinski definition) is 4. The van der Waals surface area contributed by atoms with Crippen molar-refractivity contribution in [1.29, 1.82) is 0 Å². The third kappa shape index (κ3) is 6.09. The van der Waals surface area contributed by atoms with Crippen LogP contribution in [0.25, 0.3) is 0 Å². The molecule has 0 bridgehead atoms. The van der Waals surface area contributed by atoms with Gasteiger partial charge in [-0.2, -0.15) is 0 Å². The number of carbonyl (C=O) groups excluding carboxylic acids is 1. The van der Waals surface area contributed by atoms with Crippen LogP contribution in [0, 0.1) is 0 Å². The Balaban J connectivity index is 1.54. The summed E-state index contributed by atoms with van der Waals surface area (Å²) in [5.74, 6) is -0.927. The van der Waals surface area contributed by atoms with Gasteiger partial charge >= 0.3 is 5.97 Å². The van der Waals surface area contributed by atoms with E-state index in [4.69, 9.17) is 5.11 Å². The van der Waals surface area contributed by atoms with Crippen LogP contribution in [0.15, 0.2) is 48.5 Å². The summed E-state index contributed by atoms with van der Waals surface area (Å²) in [5.41, 5.74) is 2.78. The second kappa shape index (κ2) is 9.90. The number of amides is 1. The summed E-state index contributed by atoms with van der Waals surface area (Å²) in [5, 5.41) is 15.3. The number of hydrogen-bond donors (Lipinski definition) is 3. The average molecular weight is 381 g/mol. The van der Waals surface area contributed by atoms with Crippen molar-refractivity contribution in [1.82, 2.24) is 4.90 Å². The van der Waals surface area contributed by atoms with Crippen LogP contribution in [0.3, 0.4) is 0 Å². The van der Waals surface area contributed by atoms with Gasteiger partial charge in [0.1, 0.15) is 0 Å².